The molecule has 1 aromatic heterocycles. The molecule has 0 aliphatic rings. The summed E-state index contributed by atoms with van der Waals surface area (Å²) < 4.78 is 0. The summed E-state index contributed by atoms with van der Waals surface area (Å²) in [6, 6.07) is 6.76. The van der Waals surface area contributed by atoms with E-state index < -0.39 is 5.91 Å². The first-order chi connectivity index (χ1) is 10.5. The SMILES string of the molecule is Cc1ccc(C(=O)NC(CCN)c2ccsc2)cc1C(N)=O. The summed E-state index contributed by atoms with van der Waals surface area (Å²) in [6.07, 6.45) is 0.650. The molecule has 0 radical (unpaired) electrons. The molecule has 0 spiro atoms. The summed E-state index contributed by atoms with van der Waals surface area (Å²) in [5, 5.41) is 6.91. The number of thiophene rings is 1. The van der Waals surface area contributed by atoms with Gasteiger partial charge in [0.1, 0.15) is 0 Å². The standard InChI is InChI=1S/C16H19N3O2S/c1-10-2-3-11(8-13(10)15(18)20)16(21)19-14(4-6-17)12-5-7-22-9-12/h2-3,5,7-9,14H,4,6,17H2,1H3,(H2,18,20)(H,19,21). The third kappa shape index (κ3) is 3.72. The number of primary amides is 1. The Hall–Kier alpha value is -2.18. The van der Waals surface area contributed by atoms with Gasteiger partial charge in [0.15, 0.2) is 0 Å². The van der Waals surface area contributed by atoms with Crippen LogP contribution in [0, 0.1) is 6.92 Å². The van der Waals surface area contributed by atoms with Gasteiger partial charge in [-0.15, -0.1) is 0 Å². The number of hydrogen-bond donors (Lipinski definition) is 3. The molecule has 1 atom stereocenters. The fourth-order valence-electron chi connectivity index (χ4n) is 2.23. The molecule has 22 heavy (non-hydrogen) atoms. The molecule has 0 aliphatic heterocycles. The minimum atomic E-state index is -0.538. The molecule has 0 saturated heterocycles. The Morgan fingerprint density at radius 2 is 2.09 bits per heavy atom. The summed E-state index contributed by atoms with van der Waals surface area (Å²) in [6.45, 7) is 2.26. The molecule has 1 aromatic carbocycles. The van der Waals surface area contributed by atoms with E-state index in [-0.39, 0.29) is 11.9 Å². The Kier molecular flexibility index (Phi) is 5.30. The molecule has 5 nitrogen and oxygen atoms in total. The Morgan fingerprint density at radius 1 is 1.32 bits per heavy atom. The smallest absolute Gasteiger partial charge is 0.251 e. The minimum absolute atomic E-state index is 0.137. The van der Waals surface area contributed by atoms with Gasteiger partial charge in [-0.3, -0.25) is 9.59 Å². The van der Waals surface area contributed by atoms with Crippen LogP contribution in [0.2, 0.25) is 0 Å². The molecule has 2 aromatic rings. The molecule has 2 rings (SSSR count). The lowest BCUT2D eigenvalue weighted by molar-refractivity contribution is 0.0935. The zero-order valence-corrected chi connectivity index (χ0v) is 13.2. The molecule has 0 bridgehead atoms. The van der Waals surface area contributed by atoms with E-state index in [0.29, 0.717) is 24.1 Å². The van der Waals surface area contributed by atoms with Crippen LogP contribution in [0.3, 0.4) is 0 Å². The number of carbonyl (C=O) groups is 2. The third-order valence-electron chi connectivity index (χ3n) is 3.47. The zero-order valence-electron chi connectivity index (χ0n) is 12.3. The molecule has 0 aliphatic carbocycles. The number of carbonyl (C=O) groups excluding carboxylic acids is 2. The Morgan fingerprint density at radius 3 is 2.68 bits per heavy atom. The molecule has 0 fully saturated rings. The Labute approximate surface area is 133 Å². The average molecular weight is 317 g/mol. The van der Waals surface area contributed by atoms with Crippen molar-refractivity contribution in [3.8, 4) is 0 Å². The van der Waals surface area contributed by atoms with Crippen molar-refractivity contribution in [2.75, 3.05) is 6.54 Å². The summed E-state index contributed by atoms with van der Waals surface area (Å²) in [7, 11) is 0. The fraction of sp³-hybridized carbons (Fsp3) is 0.250. The predicted octanol–water partition coefficient (Wildman–Crippen LogP) is 1.98. The van der Waals surface area contributed by atoms with E-state index in [4.69, 9.17) is 11.5 Å². The van der Waals surface area contributed by atoms with Gasteiger partial charge in [-0.1, -0.05) is 6.07 Å². The second kappa shape index (κ2) is 7.20. The maximum Gasteiger partial charge on any atom is 0.251 e. The number of amides is 2. The first-order valence-electron chi connectivity index (χ1n) is 6.96. The van der Waals surface area contributed by atoms with Crippen LogP contribution in [0.1, 0.15) is 44.3 Å². The first-order valence-corrected chi connectivity index (χ1v) is 7.90. The number of rotatable bonds is 6. The van der Waals surface area contributed by atoms with Gasteiger partial charge in [0.25, 0.3) is 5.91 Å². The summed E-state index contributed by atoms with van der Waals surface area (Å²) in [5.74, 6) is -0.782. The van der Waals surface area contributed by atoms with Crippen LogP contribution < -0.4 is 16.8 Å². The average Bonchev–Trinajstić information content (AvgIpc) is 3.01. The van der Waals surface area contributed by atoms with E-state index in [0.717, 1.165) is 11.1 Å². The molecule has 5 N–H and O–H groups in total. The van der Waals surface area contributed by atoms with Crippen molar-refractivity contribution in [3.05, 3.63) is 57.3 Å². The van der Waals surface area contributed by atoms with Gasteiger partial charge in [0.2, 0.25) is 5.91 Å². The number of aryl methyl sites for hydroxylation is 1. The van der Waals surface area contributed by atoms with Crippen molar-refractivity contribution in [2.24, 2.45) is 11.5 Å². The van der Waals surface area contributed by atoms with Crippen LogP contribution in [0.5, 0.6) is 0 Å². The Balaban J connectivity index is 2.20. The highest BCUT2D eigenvalue weighted by Gasteiger charge is 2.17. The number of benzene rings is 1. The van der Waals surface area contributed by atoms with E-state index in [1.54, 1.807) is 30.4 Å². The minimum Gasteiger partial charge on any atom is -0.366 e. The first kappa shape index (κ1) is 16.2. The monoisotopic (exact) mass is 317 g/mol. The van der Waals surface area contributed by atoms with Gasteiger partial charge in [-0.25, -0.2) is 0 Å². The van der Waals surface area contributed by atoms with E-state index in [2.05, 4.69) is 5.32 Å². The van der Waals surface area contributed by atoms with Crippen LogP contribution in [0.15, 0.2) is 35.0 Å². The Bertz CT molecular complexity index is 668. The second-order valence-electron chi connectivity index (χ2n) is 5.05. The lowest BCUT2D eigenvalue weighted by Gasteiger charge is -2.17. The van der Waals surface area contributed by atoms with Crippen molar-refractivity contribution in [3.63, 3.8) is 0 Å². The van der Waals surface area contributed by atoms with Crippen molar-refractivity contribution in [1.29, 1.82) is 0 Å². The fourth-order valence-corrected chi connectivity index (χ4v) is 2.95. The topological polar surface area (TPSA) is 98.2 Å². The predicted molar refractivity (Wildman–Crippen MR) is 87.9 cm³/mol. The number of nitrogens with one attached hydrogen (secondary N) is 1. The zero-order chi connectivity index (χ0) is 16.1. The van der Waals surface area contributed by atoms with Gasteiger partial charge in [-0.2, -0.15) is 11.3 Å². The van der Waals surface area contributed by atoms with Crippen LogP contribution in [0.25, 0.3) is 0 Å². The quantitative estimate of drug-likeness (QED) is 0.759. The molecule has 116 valence electrons. The molecule has 1 unspecified atom stereocenters. The molecule has 2 amide bonds. The van der Waals surface area contributed by atoms with Gasteiger partial charge >= 0.3 is 0 Å². The largest absolute Gasteiger partial charge is 0.366 e. The van der Waals surface area contributed by atoms with Crippen LogP contribution >= 0.6 is 11.3 Å². The van der Waals surface area contributed by atoms with E-state index in [9.17, 15) is 9.59 Å². The van der Waals surface area contributed by atoms with Crippen molar-refractivity contribution >= 4 is 23.2 Å². The maximum atomic E-state index is 12.4. The summed E-state index contributed by atoms with van der Waals surface area (Å²) >= 11 is 1.57. The maximum absolute atomic E-state index is 12.4. The van der Waals surface area contributed by atoms with Crippen molar-refractivity contribution in [2.45, 2.75) is 19.4 Å². The highest BCUT2D eigenvalue weighted by atomic mass is 32.1. The molecular formula is C16H19N3O2S. The molecule has 0 saturated carbocycles. The third-order valence-corrected chi connectivity index (χ3v) is 4.17. The van der Waals surface area contributed by atoms with Gasteiger partial charge in [-0.05, 0) is 60.0 Å². The number of hydrogen-bond acceptors (Lipinski definition) is 4. The summed E-state index contributed by atoms with van der Waals surface area (Å²) in [4.78, 5) is 23.8. The second-order valence-corrected chi connectivity index (χ2v) is 5.83. The van der Waals surface area contributed by atoms with E-state index in [1.807, 2.05) is 16.8 Å². The summed E-state index contributed by atoms with van der Waals surface area (Å²) in [5.41, 5.74) is 13.5. The van der Waals surface area contributed by atoms with Crippen molar-refractivity contribution in [1.82, 2.24) is 5.32 Å². The lowest BCUT2D eigenvalue weighted by atomic mass is 10.0. The highest BCUT2D eigenvalue weighted by Crippen LogP contribution is 2.20. The van der Waals surface area contributed by atoms with Crippen LogP contribution in [0.4, 0.5) is 0 Å². The number of nitrogens with two attached hydrogens (primary N) is 2. The van der Waals surface area contributed by atoms with Gasteiger partial charge < -0.3 is 16.8 Å². The van der Waals surface area contributed by atoms with Gasteiger partial charge in [0, 0.05) is 11.1 Å². The molecule has 6 heteroatoms. The normalized spacial score (nSPS) is 11.9. The highest BCUT2D eigenvalue weighted by molar-refractivity contribution is 7.07. The van der Waals surface area contributed by atoms with E-state index >= 15 is 0 Å². The lowest BCUT2D eigenvalue weighted by Crippen LogP contribution is -2.30. The van der Waals surface area contributed by atoms with Crippen LogP contribution in [-0.4, -0.2) is 18.4 Å². The van der Waals surface area contributed by atoms with E-state index in [1.165, 1.54) is 6.07 Å². The van der Waals surface area contributed by atoms with Gasteiger partial charge in [0.05, 0.1) is 6.04 Å². The van der Waals surface area contributed by atoms with Crippen LogP contribution in [-0.2, 0) is 0 Å². The molecular weight excluding hydrogens is 298 g/mol. The molecule has 1 heterocycles. The van der Waals surface area contributed by atoms with Crippen molar-refractivity contribution < 1.29 is 9.59 Å².